The van der Waals surface area contributed by atoms with E-state index in [1.807, 2.05) is 55.1 Å². The number of hydrogen-bond acceptors (Lipinski definition) is 6. The van der Waals surface area contributed by atoms with Crippen LogP contribution in [-0.2, 0) is 9.53 Å². The molecular weight excluding hydrogens is 581 g/mol. The average molecular weight is 624 g/mol. The molecule has 0 amide bonds. The maximum Gasteiger partial charge on any atom is 0.155 e. The predicted molar refractivity (Wildman–Crippen MR) is 174 cm³/mol. The molecule has 0 bridgehead atoms. The summed E-state index contributed by atoms with van der Waals surface area (Å²) in [5.41, 5.74) is -2.10. The van der Waals surface area contributed by atoms with Crippen molar-refractivity contribution in [2.45, 2.75) is 63.9 Å². The van der Waals surface area contributed by atoms with Gasteiger partial charge < -0.3 is 19.5 Å². The molecule has 3 aromatic rings. The fraction of sp³-hybridized carbons (Fsp3) is 0.441. The van der Waals surface area contributed by atoms with E-state index in [1.165, 1.54) is 6.07 Å². The number of morpholine rings is 1. The number of hydrogen-bond donors (Lipinski definition) is 1. The van der Waals surface area contributed by atoms with Crippen LogP contribution in [0.25, 0.3) is 0 Å². The first-order valence-electron chi connectivity index (χ1n) is 15.0. The molecule has 3 unspecified atom stereocenters. The fourth-order valence-corrected chi connectivity index (χ4v) is 14.1. The summed E-state index contributed by atoms with van der Waals surface area (Å²) in [6.45, 7) is 11.8. The van der Waals surface area contributed by atoms with Crippen LogP contribution in [0.2, 0.25) is 5.04 Å². The lowest BCUT2D eigenvalue weighted by Crippen LogP contribution is -2.79. The van der Waals surface area contributed by atoms with Gasteiger partial charge in [0.25, 0.3) is 0 Å². The second-order valence-electron chi connectivity index (χ2n) is 13.2. The average Bonchev–Trinajstić information content (AvgIpc) is 2.97. The topological polar surface area (TPSA) is 56.2 Å². The van der Waals surface area contributed by atoms with E-state index in [0.717, 1.165) is 16.7 Å². The SMILES string of the molecule is CC1CN([C@H]2N(Cl)CC(C=O)(C(O)[Si](c3ccccc3)(c3ccccc3)C(C)(C)C)CN2c2ccccc2F)C[C@H](C)O1. The molecular formula is C34H43ClFN3O3Si. The summed E-state index contributed by atoms with van der Waals surface area (Å²) in [7, 11) is -3.21. The van der Waals surface area contributed by atoms with Crippen LogP contribution in [0.5, 0.6) is 0 Å². The number of rotatable bonds is 7. The van der Waals surface area contributed by atoms with Gasteiger partial charge in [-0.2, -0.15) is 4.42 Å². The van der Waals surface area contributed by atoms with E-state index in [1.54, 1.807) is 22.6 Å². The van der Waals surface area contributed by atoms with Crippen molar-refractivity contribution in [2.75, 3.05) is 31.1 Å². The van der Waals surface area contributed by atoms with Crippen molar-refractivity contribution < 1.29 is 19.0 Å². The first-order valence-corrected chi connectivity index (χ1v) is 17.4. The molecule has 9 heteroatoms. The minimum absolute atomic E-state index is 0.0447. The second kappa shape index (κ2) is 12.4. The molecule has 6 nitrogen and oxygen atoms in total. The Morgan fingerprint density at radius 2 is 1.44 bits per heavy atom. The molecule has 2 aliphatic heterocycles. The van der Waals surface area contributed by atoms with Crippen LogP contribution in [0.15, 0.2) is 84.9 Å². The first-order chi connectivity index (χ1) is 20.4. The Morgan fingerprint density at radius 1 is 0.930 bits per heavy atom. The molecule has 0 aromatic heterocycles. The third-order valence-electron chi connectivity index (χ3n) is 9.21. The summed E-state index contributed by atoms with van der Waals surface area (Å²) < 4.78 is 23.2. The Morgan fingerprint density at radius 3 is 1.93 bits per heavy atom. The first kappa shape index (κ1) is 31.8. The van der Waals surface area contributed by atoms with Crippen LogP contribution in [0, 0.1) is 11.2 Å². The molecule has 1 N–H and O–H groups in total. The molecule has 3 aromatic carbocycles. The van der Waals surface area contributed by atoms with Crippen molar-refractivity contribution >= 4 is 42.2 Å². The molecule has 43 heavy (non-hydrogen) atoms. The molecule has 0 aliphatic carbocycles. The Balaban J connectivity index is 1.70. The Bertz CT molecular complexity index is 1340. The van der Waals surface area contributed by atoms with Crippen molar-refractivity contribution in [3.63, 3.8) is 0 Å². The summed E-state index contributed by atoms with van der Waals surface area (Å²) in [4.78, 5) is 17.6. The zero-order valence-corrected chi connectivity index (χ0v) is 27.4. The number of aldehydes is 1. The monoisotopic (exact) mass is 623 g/mol. The van der Waals surface area contributed by atoms with Gasteiger partial charge in [-0.05, 0) is 42.8 Å². The van der Waals surface area contributed by atoms with Crippen LogP contribution in [0.3, 0.4) is 0 Å². The third kappa shape index (κ3) is 5.69. The van der Waals surface area contributed by atoms with Gasteiger partial charge >= 0.3 is 0 Å². The maximum absolute atomic E-state index is 15.6. The lowest BCUT2D eigenvalue weighted by atomic mass is 9.87. The van der Waals surface area contributed by atoms with Gasteiger partial charge in [0.05, 0.1) is 29.0 Å². The number of benzene rings is 3. The number of para-hydroxylation sites is 1. The van der Waals surface area contributed by atoms with Gasteiger partial charge in [0.2, 0.25) is 0 Å². The van der Waals surface area contributed by atoms with Crippen LogP contribution in [0.4, 0.5) is 10.1 Å². The molecule has 2 heterocycles. The lowest BCUT2D eigenvalue weighted by Gasteiger charge is -2.58. The zero-order chi connectivity index (χ0) is 31.0. The smallest absolute Gasteiger partial charge is 0.155 e. The maximum atomic E-state index is 15.6. The molecule has 5 atom stereocenters. The number of halogens is 2. The largest absolute Gasteiger partial charge is 0.395 e. The van der Waals surface area contributed by atoms with Crippen LogP contribution in [-0.4, -0.2) is 79.2 Å². The molecule has 2 saturated heterocycles. The van der Waals surface area contributed by atoms with Gasteiger partial charge in [-0.3, -0.25) is 4.90 Å². The molecule has 0 radical (unpaired) electrons. The summed E-state index contributed by atoms with van der Waals surface area (Å²) >= 11 is 7.20. The van der Waals surface area contributed by atoms with Crippen molar-refractivity contribution in [3.05, 3.63) is 90.7 Å². The number of anilines is 1. The second-order valence-corrected chi connectivity index (χ2v) is 18.5. The summed E-state index contributed by atoms with van der Waals surface area (Å²) in [5.74, 6) is -0.409. The Labute approximate surface area is 261 Å². The van der Waals surface area contributed by atoms with Gasteiger partial charge in [0.1, 0.15) is 12.1 Å². The number of aliphatic hydroxyl groups is 1. The van der Waals surface area contributed by atoms with Crippen molar-refractivity contribution in [3.8, 4) is 0 Å². The third-order valence-corrected chi connectivity index (χ3v) is 15.7. The van der Waals surface area contributed by atoms with E-state index in [4.69, 9.17) is 16.5 Å². The van der Waals surface area contributed by atoms with Gasteiger partial charge in [-0.15, -0.1) is 0 Å². The predicted octanol–water partition coefficient (Wildman–Crippen LogP) is 4.64. The van der Waals surface area contributed by atoms with Crippen molar-refractivity contribution in [1.29, 1.82) is 0 Å². The molecule has 230 valence electrons. The van der Waals surface area contributed by atoms with Gasteiger partial charge in [0.15, 0.2) is 14.4 Å². The van der Waals surface area contributed by atoms with E-state index in [0.29, 0.717) is 18.8 Å². The number of carbonyl (C=O) groups is 1. The van der Waals surface area contributed by atoms with E-state index in [-0.39, 0.29) is 25.3 Å². The molecule has 0 spiro atoms. The number of ether oxygens (including phenoxy) is 1. The normalized spacial score (nSPS) is 26.7. The van der Waals surface area contributed by atoms with E-state index < -0.39 is 36.4 Å². The summed E-state index contributed by atoms with van der Waals surface area (Å²) in [6, 6.07) is 26.8. The highest BCUT2D eigenvalue weighted by Crippen LogP contribution is 2.46. The summed E-state index contributed by atoms with van der Waals surface area (Å²) in [5, 5.41) is 14.6. The fourth-order valence-electron chi connectivity index (χ4n) is 7.54. The molecule has 2 fully saturated rings. The molecule has 2 aliphatic rings. The Hall–Kier alpha value is -2.59. The zero-order valence-electron chi connectivity index (χ0n) is 25.7. The molecule has 5 rings (SSSR count). The van der Waals surface area contributed by atoms with Crippen LogP contribution >= 0.6 is 11.8 Å². The highest BCUT2D eigenvalue weighted by Gasteiger charge is 2.62. The minimum atomic E-state index is -3.21. The van der Waals surface area contributed by atoms with Gasteiger partial charge in [-0.1, -0.05) is 104 Å². The Kier molecular flexibility index (Phi) is 9.19. The van der Waals surface area contributed by atoms with E-state index in [9.17, 15) is 9.90 Å². The molecule has 0 saturated carbocycles. The number of carbonyl (C=O) groups excluding carboxylic acids is 1. The quantitative estimate of drug-likeness (QED) is 0.235. The number of aliphatic hydroxyl groups excluding tert-OH is 1. The van der Waals surface area contributed by atoms with Gasteiger partial charge in [0, 0.05) is 26.2 Å². The van der Waals surface area contributed by atoms with E-state index >= 15 is 4.39 Å². The highest BCUT2D eigenvalue weighted by molar-refractivity contribution is 7.05. The number of nitrogens with zero attached hydrogens (tertiary/aromatic N) is 3. The lowest BCUT2D eigenvalue weighted by molar-refractivity contribution is -0.129. The van der Waals surface area contributed by atoms with Gasteiger partial charge in [-0.25, -0.2) is 4.39 Å². The summed E-state index contributed by atoms with van der Waals surface area (Å²) in [6.07, 6.45) is 0.237. The van der Waals surface area contributed by atoms with Crippen LogP contribution in [0.1, 0.15) is 34.6 Å². The van der Waals surface area contributed by atoms with E-state index in [2.05, 4.69) is 49.9 Å². The van der Waals surface area contributed by atoms with Crippen LogP contribution < -0.4 is 15.3 Å². The van der Waals surface area contributed by atoms with Crippen molar-refractivity contribution in [2.24, 2.45) is 5.41 Å². The highest BCUT2D eigenvalue weighted by atomic mass is 35.5. The van der Waals surface area contributed by atoms with Crippen molar-refractivity contribution in [1.82, 2.24) is 9.32 Å². The minimum Gasteiger partial charge on any atom is -0.395 e. The standard InChI is InChI=1S/C34H43ClFN3O3Si/c1-25-20-37(21-26(2)42-25)32-38(30-19-13-12-18-29(30)36)22-34(24-40,23-39(32)35)31(41)43(33(3,4)5,27-14-8-6-9-15-27)28-16-10-7-11-17-28/h6-19,24-26,31-32,41H,20-23H2,1-5H3/t25-,26?,31?,32+,34?/m0/s1.